The largest absolute Gasteiger partial charge is 0.387 e. The van der Waals surface area contributed by atoms with Gasteiger partial charge in [0.05, 0.1) is 0 Å². The van der Waals surface area contributed by atoms with Crippen molar-refractivity contribution < 1.29 is 9.90 Å². The first-order valence-corrected chi connectivity index (χ1v) is 4.64. The minimum Gasteiger partial charge on any atom is -0.387 e. The normalized spacial score (nSPS) is 9.92. The molecule has 0 rings (SSSR count). The zero-order valence-corrected chi connectivity index (χ0v) is 8.05. The highest BCUT2D eigenvalue weighted by atomic mass is 16.3. The fourth-order valence-electron chi connectivity index (χ4n) is 1.08. The molecule has 0 unspecified atom stereocenters. The van der Waals surface area contributed by atoms with Gasteiger partial charge < -0.3 is 10.0 Å². The summed E-state index contributed by atoms with van der Waals surface area (Å²) in [6.45, 7) is 5.31. The van der Waals surface area contributed by atoms with Gasteiger partial charge in [-0.05, 0) is 12.8 Å². The smallest absolute Gasteiger partial charge is 0.248 e. The van der Waals surface area contributed by atoms with Crippen molar-refractivity contribution in [2.45, 2.75) is 33.1 Å². The van der Waals surface area contributed by atoms with Crippen LogP contribution in [0.25, 0.3) is 0 Å². The molecule has 0 fully saturated rings. The third-order valence-electron chi connectivity index (χ3n) is 1.76. The van der Waals surface area contributed by atoms with Gasteiger partial charge in [0, 0.05) is 13.1 Å². The lowest BCUT2D eigenvalue weighted by Crippen LogP contribution is -2.34. The summed E-state index contributed by atoms with van der Waals surface area (Å²) in [6.07, 6.45) is 3.06. The Morgan fingerprint density at radius 3 is 2.33 bits per heavy atom. The average molecular weight is 173 g/mol. The van der Waals surface area contributed by atoms with Crippen LogP contribution < -0.4 is 0 Å². The summed E-state index contributed by atoms with van der Waals surface area (Å²) >= 11 is 0. The molecule has 3 heteroatoms. The van der Waals surface area contributed by atoms with Crippen molar-refractivity contribution in [2.75, 3.05) is 19.7 Å². The van der Waals surface area contributed by atoms with E-state index < -0.39 is 0 Å². The van der Waals surface area contributed by atoms with Crippen LogP contribution in [0.1, 0.15) is 33.1 Å². The Bertz CT molecular complexity index is 126. The number of hydrogen-bond acceptors (Lipinski definition) is 2. The molecule has 0 aromatic carbocycles. The Hall–Kier alpha value is -0.570. The molecule has 0 aromatic heterocycles. The summed E-state index contributed by atoms with van der Waals surface area (Å²) in [7, 11) is 0. The molecule has 3 nitrogen and oxygen atoms in total. The molecule has 0 aliphatic carbocycles. The van der Waals surface area contributed by atoms with E-state index in [1.165, 1.54) is 0 Å². The second-order valence-corrected chi connectivity index (χ2v) is 2.89. The number of nitrogens with zero attached hydrogens (tertiary/aromatic N) is 1. The molecule has 0 heterocycles. The molecule has 0 aromatic rings. The second-order valence-electron chi connectivity index (χ2n) is 2.89. The molecule has 0 saturated carbocycles. The maximum absolute atomic E-state index is 11.1. The van der Waals surface area contributed by atoms with Crippen molar-refractivity contribution in [3.8, 4) is 0 Å². The van der Waals surface area contributed by atoms with Gasteiger partial charge in [0.1, 0.15) is 6.61 Å². The minimum absolute atomic E-state index is 0.148. The summed E-state index contributed by atoms with van der Waals surface area (Å²) in [5.74, 6) is -0.148. The maximum atomic E-state index is 11.1. The molecular weight excluding hydrogens is 154 g/mol. The van der Waals surface area contributed by atoms with Gasteiger partial charge >= 0.3 is 0 Å². The van der Waals surface area contributed by atoms with Crippen molar-refractivity contribution in [3.63, 3.8) is 0 Å². The van der Waals surface area contributed by atoms with Crippen LogP contribution in [0.15, 0.2) is 0 Å². The van der Waals surface area contributed by atoms with Crippen molar-refractivity contribution in [2.24, 2.45) is 0 Å². The summed E-state index contributed by atoms with van der Waals surface area (Å²) in [4.78, 5) is 12.8. The molecule has 0 aliphatic rings. The SMILES string of the molecule is CCCCN(CCC)C(=O)CO. The quantitative estimate of drug-likeness (QED) is 0.651. The topological polar surface area (TPSA) is 40.5 Å². The number of hydrogen-bond donors (Lipinski definition) is 1. The minimum atomic E-state index is -0.357. The third kappa shape index (κ3) is 4.34. The van der Waals surface area contributed by atoms with E-state index in [1.54, 1.807) is 4.90 Å². The molecule has 0 radical (unpaired) electrons. The van der Waals surface area contributed by atoms with Gasteiger partial charge in [-0.2, -0.15) is 0 Å². The molecule has 0 spiro atoms. The second kappa shape index (κ2) is 7.10. The van der Waals surface area contributed by atoms with E-state index in [-0.39, 0.29) is 12.5 Å². The first-order chi connectivity index (χ1) is 5.76. The molecule has 0 saturated heterocycles. The van der Waals surface area contributed by atoms with Crippen LogP contribution in [0.5, 0.6) is 0 Å². The van der Waals surface area contributed by atoms with Crippen LogP contribution in [-0.4, -0.2) is 35.6 Å². The third-order valence-corrected chi connectivity index (χ3v) is 1.76. The number of unbranched alkanes of at least 4 members (excludes halogenated alkanes) is 1. The van der Waals surface area contributed by atoms with Crippen LogP contribution >= 0.6 is 0 Å². The van der Waals surface area contributed by atoms with Crippen molar-refractivity contribution in [1.29, 1.82) is 0 Å². The van der Waals surface area contributed by atoms with Gasteiger partial charge in [-0.1, -0.05) is 20.3 Å². The van der Waals surface area contributed by atoms with Gasteiger partial charge in [-0.3, -0.25) is 4.79 Å². The number of aliphatic hydroxyl groups is 1. The van der Waals surface area contributed by atoms with E-state index in [0.29, 0.717) is 0 Å². The number of rotatable bonds is 6. The van der Waals surface area contributed by atoms with Crippen LogP contribution in [-0.2, 0) is 4.79 Å². The molecule has 1 amide bonds. The average Bonchev–Trinajstić information content (AvgIpc) is 2.11. The summed E-state index contributed by atoms with van der Waals surface area (Å²) in [5.41, 5.74) is 0. The Kier molecular flexibility index (Phi) is 6.76. The fourth-order valence-corrected chi connectivity index (χ4v) is 1.08. The van der Waals surface area contributed by atoms with E-state index in [0.717, 1.165) is 32.4 Å². The van der Waals surface area contributed by atoms with Crippen molar-refractivity contribution in [3.05, 3.63) is 0 Å². The first-order valence-electron chi connectivity index (χ1n) is 4.64. The predicted octanol–water partition coefficient (Wildman–Crippen LogP) is 1.02. The van der Waals surface area contributed by atoms with Crippen LogP contribution in [0, 0.1) is 0 Å². The zero-order chi connectivity index (χ0) is 9.40. The Labute approximate surface area is 74.4 Å². The maximum Gasteiger partial charge on any atom is 0.248 e. The molecule has 0 bridgehead atoms. The standard InChI is InChI=1S/C9H19NO2/c1-3-5-7-10(6-4-2)9(12)8-11/h11H,3-8H2,1-2H3. The van der Waals surface area contributed by atoms with Crippen LogP contribution in [0.3, 0.4) is 0 Å². The molecule has 1 N–H and O–H groups in total. The number of aliphatic hydroxyl groups excluding tert-OH is 1. The van der Waals surface area contributed by atoms with Crippen molar-refractivity contribution in [1.82, 2.24) is 4.90 Å². The zero-order valence-electron chi connectivity index (χ0n) is 8.05. The Morgan fingerprint density at radius 1 is 1.25 bits per heavy atom. The fraction of sp³-hybridized carbons (Fsp3) is 0.889. The Morgan fingerprint density at radius 2 is 1.92 bits per heavy atom. The van der Waals surface area contributed by atoms with E-state index in [2.05, 4.69) is 6.92 Å². The highest BCUT2D eigenvalue weighted by Gasteiger charge is 2.09. The lowest BCUT2D eigenvalue weighted by atomic mass is 10.3. The Balaban J connectivity index is 3.76. The molecular formula is C9H19NO2. The van der Waals surface area contributed by atoms with E-state index in [1.807, 2.05) is 6.92 Å². The van der Waals surface area contributed by atoms with Crippen LogP contribution in [0.2, 0.25) is 0 Å². The number of amides is 1. The summed E-state index contributed by atoms with van der Waals surface area (Å²) in [5, 5.41) is 8.64. The monoisotopic (exact) mass is 173 g/mol. The lowest BCUT2D eigenvalue weighted by Gasteiger charge is -2.20. The lowest BCUT2D eigenvalue weighted by molar-refractivity contribution is -0.134. The number of carbonyl (C=O) groups is 1. The van der Waals surface area contributed by atoms with Crippen molar-refractivity contribution >= 4 is 5.91 Å². The first kappa shape index (κ1) is 11.4. The van der Waals surface area contributed by atoms with Gasteiger partial charge in [0.15, 0.2) is 0 Å². The highest BCUT2D eigenvalue weighted by Crippen LogP contribution is 1.97. The van der Waals surface area contributed by atoms with Gasteiger partial charge in [-0.25, -0.2) is 0 Å². The van der Waals surface area contributed by atoms with E-state index in [9.17, 15) is 4.79 Å². The summed E-state index contributed by atoms with van der Waals surface area (Å²) in [6, 6.07) is 0. The highest BCUT2D eigenvalue weighted by molar-refractivity contribution is 5.77. The van der Waals surface area contributed by atoms with Gasteiger partial charge in [-0.15, -0.1) is 0 Å². The molecule has 72 valence electrons. The van der Waals surface area contributed by atoms with E-state index >= 15 is 0 Å². The molecule has 12 heavy (non-hydrogen) atoms. The van der Waals surface area contributed by atoms with Gasteiger partial charge in [0.2, 0.25) is 5.91 Å². The summed E-state index contributed by atoms with van der Waals surface area (Å²) < 4.78 is 0. The molecule has 0 aliphatic heterocycles. The molecule has 0 atom stereocenters. The van der Waals surface area contributed by atoms with Gasteiger partial charge in [0.25, 0.3) is 0 Å². The van der Waals surface area contributed by atoms with Crippen LogP contribution in [0.4, 0.5) is 0 Å². The number of carbonyl (C=O) groups excluding carboxylic acids is 1. The van der Waals surface area contributed by atoms with E-state index in [4.69, 9.17) is 5.11 Å². The predicted molar refractivity (Wildman–Crippen MR) is 48.9 cm³/mol.